The number of hydrogen-bond acceptors (Lipinski definition) is 4. The highest BCUT2D eigenvalue weighted by Crippen LogP contribution is 2.35. The Morgan fingerprint density at radius 3 is 2.62 bits per heavy atom. The van der Waals surface area contributed by atoms with E-state index in [1.165, 1.54) is 0 Å². The van der Waals surface area contributed by atoms with Gasteiger partial charge in [-0.05, 0) is 25.3 Å². The van der Waals surface area contributed by atoms with E-state index >= 15 is 0 Å². The molecule has 0 radical (unpaired) electrons. The molecular formula is C16H20O5. The smallest absolute Gasteiger partial charge is 0.328 e. The van der Waals surface area contributed by atoms with Crippen molar-refractivity contribution in [3.8, 4) is 0 Å². The van der Waals surface area contributed by atoms with Crippen LogP contribution in [0.5, 0.6) is 0 Å². The Kier molecular flexibility index (Phi) is 4.96. The summed E-state index contributed by atoms with van der Waals surface area (Å²) in [6.07, 6.45) is 1.52. The highest BCUT2D eigenvalue weighted by Gasteiger charge is 2.51. The van der Waals surface area contributed by atoms with E-state index < -0.39 is 17.4 Å². The van der Waals surface area contributed by atoms with E-state index in [1.54, 1.807) is 37.3 Å². The minimum atomic E-state index is -1.70. The van der Waals surface area contributed by atoms with E-state index in [0.717, 1.165) is 12.8 Å². The number of esters is 1. The molecule has 1 aliphatic heterocycles. The summed E-state index contributed by atoms with van der Waals surface area (Å²) in [6, 6.07) is 8.54. The second-order valence-corrected chi connectivity index (χ2v) is 5.14. The van der Waals surface area contributed by atoms with Crippen molar-refractivity contribution in [2.75, 3.05) is 13.2 Å². The lowest BCUT2D eigenvalue weighted by atomic mass is 9.75. The van der Waals surface area contributed by atoms with Crippen molar-refractivity contribution in [3.63, 3.8) is 0 Å². The van der Waals surface area contributed by atoms with Gasteiger partial charge in [-0.3, -0.25) is 9.59 Å². The standard InChI is InChI=1S/C16H20O5/c1-2-20-15(19)16(14(17)18,11-13-9-6-10-21-13)12-7-4-3-5-8-12/h3-5,7-8,13H,2,6,9-11H2,1H3,(H,17,18). The van der Waals surface area contributed by atoms with Crippen molar-refractivity contribution < 1.29 is 24.2 Å². The van der Waals surface area contributed by atoms with Crippen LogP contribution in [0.3, 0.4) is 0 Å². The predicted molar refractivity (Wildman–Crippen MR) is 76.0 cm³/mol. The molecule has 114 valence electrons. The lowest BCUT2D eigenvalue weighted by molar-refractivity contribution is -0.163. The SMILES string of the molecule is CCOC(=O)C(CC1CCCO1)(C(=O)O)c1ccccc1. The molecule has 2 atom stereocenters. The van der Waals surface area contributed by atoms with Crippen LogP contribution in [0.1, 0.15) is 31.7 Å². The Labute approximate surface area is 123 Å². The number of carboxylic acids is 1. The van der Waals surface area contributed by atoms with Crippen LogP contribution in [0, 0.1) is 0 Å². The minimum Gasteiger partial charge on any atom is -0.480 e. The summed E-state index contributed by atoms with van der Waals surface area (Å²) in [5, 5.41) is 9.78. The molecule has 1 fully saturated rings. The predicted octanol–water partition coefficient (Wildman–Crippen LogP) is 2.14. The van der Waals surface area contributed by atoms with Crippen molar-refractivity contribution in [1.29, 1.82) is 0 Å². The Balaban J connectivity index is 2.43. The molecule has 1 aromatic rings. The molecule has 1 aromatic carbocycles. The highest BCUT2D eigenvalue weighted by atomic mass is 16.5. The van der Waals surface area contributed by atoms with Gasteiger partial charge in [0.25, 0.3) is 0 Å². The largest absolute Gasteiger partial charge is 0.480 e. The number of aliphatic carboxylic acids is 1. The van der Waals surface area contributed by atoms with Crippen LogP contribution in [0.4, 0.5) is 0 Å². The third-order valence-electron chi connectivity index (χ3n) is 3.81. The van der Waals surface area contributed by atoms with Crippen molar-refractivity contribution in [2.24, 2.45) is 0 Å². The highest BCUT2D eigenvalue weighted by molar-refractivity contribution is 6.05. The first-order valence-corrected chi connectivity index (χ1v) is 7.19. The number of rotatable bonds is 6. The Morgan fingerprint density at radius 1 is 1.38 bits per heavy atom. The molecule has 5 heteroatoms. The first kappa shape index (κ1) is 15.5. The summed E-state index contributed by atoms with van der Waals surface area (Å²) in [7, 11) is 0. The van der Waals surface area contributed by atoms with E-state index in [9.17, 15) is 14.7 Å². The molecule has 0 aromatic heterocycles. The van der Waals surface area contributed by atoms with Crippen molar-refractivity contribution >= 4 is 11.9 Å². The maximum atomic E-state index is 12.4. The van der Waals surface area contributed by atoms with Crippen LogP contribution in [-0.2, 0) is 24.5 Å². The zero-order chi connectivity index (χ0) is 15.3. The fourth-order valence-electron chi connectivity index (χ4n) is 2.74. The van der Waals surface area contributed by atoms with Gasteiger partial charge in [-0.15, -0.1) is 0 Å². The quantitative estimate of drug-likeness (QED) is 0.642. The zero-order valence-electron chi connectivity index (χ0n) is 12.1. The molecule has 5 nitrogen and oxygen atoms in total. The Bertz CT molecular complexity index is 493. The molecule has 1 heterocycles. The van der Waals surface area contributed by atoms with E-state index in [2.05, 4.69) is 0 Å². The summed E-state index contributed by atoms with van der Waals surface area (Å²) < 4.78 is 10.6. The van der Waals surface area contributed by atoms with Crippen LogP contribution in [0.25, 0.3) is 0 Å². The first-order valence-electron chi connectivity index (χ1n) is 7.19. The van der Waals surface area contributed by atoms with Crippen molar-refractivity contribution in [1.82, 2.24) is 0 Å². The van der Waals surface area contributed by atoms with Gasteiger partial charge in [-0.25, -0.2) is 0 Å². The molecule has 2 rings (SSSR count). The van der Waals surface area contributed by atoms with Crippen molar-refractivity contribution in [2.45, 2.75) is 37.7 Å². The van der Waals surface area contributed by atoms with Crippen LogP contribution in [0.2, 0.25) is 0 Å². The maximum Gasteiger partial charge on any atom is 0.328 e. The Morgan fingerprint density at radius 2 is 2.10 bits per heavy atom. The summed E-state index contributed by atoms with van der Waals surface area (Å²) in [6.45, 7) is 2.42. The van der Waals surface area contributed by atoms with Crippen LogP contribution in [-0.4, -0.2) is 36.4 Å². The average molecular weight is 292 g/mol. The van der Waals surface area contributed by atoms with Gasteiger partial charge in [0.2, 0.25) is 0 Å². The number of ether oxygens (including phenoxy) is 2. The lowest BCUT2D eigenvalue weighted by Crippen LogP contribution is -2.47. The molecule has 0 aliphatic carbocycles. The fraction of sp³-hybridized carbons (Fsp3) is 0.500. The molecule has 1 saturated heterocycles. The third-order valence-corrected chi connectivity index (χ3v) is 3.81. The summed E-state index contributed by atoms with van der Waals surface area (Å²) in [4.78, 5) is 24.4. The van der Waals surface area contributed by atoms with E-state index in [0.29, 0.717) is 12.2 Å². The fourth-order valence-corrected chi connectivity index (χ4v) is 2.74. The van der Waals surface area contributed by atoms with Gasteiger partial charge >= 0.3 is 11.9 Å². The molecule has 0 amide bonds. The van der Waals surface area contributed by atoms with E-state index in [1.807, 2.05) is 0 Å². The molecule has 2 unspecified atom stereocenters. The molecule has 0 bridgehead atoms. The molecule has 1 N–H and O–H groups in total. The van der Waals surface area contributed by atoms with Gasteiger partial charge < -0.3 is 14.6 Å². The third kappa shape index (κ3) is 3.08. The lowest BCUT2D eigenvalue weighted by Gasteiger charge is -2.29. The number of benzene rings is 1. The topological polar surface area (TPSA) is 72.8 Å². The average Bonchev–Trinajstić information content (AvgIpc) is 2.98. The number of carbonyl (C=O) groups excluding carboxylic acids is 1. The second-order valence-electron chi connectivity index (χ2n) is 5.14. The minimum absolute atomic E-state index is 0.102. The molecule has 21 heavy (non-hydrogen) atoms. The second kappa shape index (κ2) is 6.72. The van der Waals surface area contributed by atoms with Crippen molar-refractivity contribution in [3.05, 3.63) is 35.9 Å². The van der Waals surface area contributed by atoms with Gasteiger partial charge in [0, 0.05) is 13.0 Å². The number of carbonyl (C=O) groups is 2. The van der Waals surface area contributed by atoms with Crippen LogP contribution in [0.15, 0.2) is 30.3 Å². The number of hydrogen-bond donors (Lipinski definition) is 1. The Hall–Kier alpha value is -1.88. The number of carboxylic acid groups (broad SMARTS) is 1. The van der Waals surface area contributed by atoms with Gasteiger partial charge in [0.15, 0.2) is 5.41 Å². The van der Waals surface area contributed by atoms with E-state index in [4.69, 9.17) is 9.47 Å². The van der Waals surface area contributed by atoms with E-state index in [-0.39, 0.29) is 19.1 Å². The molecular weight excluding hydrogens is 272 g/mol. The maximum absolute atomic E-state index is 12.4. The van der Waals surface area contributed by atoms with Gasteiger partial charge in [-0.1, -0.05) is 30.3 Å². The monoisotopic (exact) mass is 292 g/mol. The van der Waals surface area contributed by atoms with Gasteiger partial charge in [-0.2, -0.15) is 0 Å². The summed E-state index contributed by atoms with van der Waals surface area (Å²) in [5.41, 5.74) is -1.27. The summed E-state index contributed by atoms with van der Waals surface area (Å²) in [5.74, 6) is -1.91. The van der Waals surface area contributed by atoms with Crippen LogP contribution < -0.4 is 0 Å². The molecule has 0 spiro atoms. The molecule has 1 aliphatic rings. The van der Waals surface area contributed by atoms with Crippen LogP contribution >= 0.6 is 0 Å². The zero-order valence-corrected chi connectivity index (χ0v) is 12.1. The van der Waals surface area contributed by atoms with Gasteiger partial charge in [0.05, 0.1) is 12.7 Å². The summed E-state index contributed by atoms with van der Waals surface area (Å²) >= 11 is 0. The molecule has 0 saturated carbocycles. The first-order chi connectivity index (χ1) is 10.1. The van der Waals surface area contributed by atoms with Gasteiger partial charge in [0.1, 0.15) is 0 Å². The normalized spacial score (nSPS) is 20.7.